The van der Waals surface area contributed by atoms with Crippen LogP contribution in [0.3, 0.4) is 0 Å². The maximum absolute atomic E-state index is 13.0. The van der Waals surface area contributed by atoms with Gasteiger partial charge in [0.25, 0.3) is 0 Å². The first-order valence-corrected chi connectivity index (χ1v) is 10.5. The molecule has 0 saturated carbocycles. The summed E-state index contributed by atoms with van der Waals surface area (Å²) in [5, 5.41) is 9.04. The molecule has 36 heavy (non-hydrogen) atoms. The first kappa shape index (κ1) is 25.9. The number of benzene rings is 2. The van der Waals surface area contributed by atoms with Crippen LogP contribution >= 0.6 is 0 Å². The van der Waals surface area contributed by atoms with Crippen molar-refractivity contribution in [2.75, 3.05) is 39.1 Å². The molecule has 0 bridgehead atoms. The van der Waals surface area contributed by atoms with Gasteiger partial charge in [0, 0.05) is 17.3 Å². The largest absolute Gasteiger partial charge is 0.466 e. The van der Waals surface area contributed by atoms with E-state index in [1.807, 2.05) is 0 Å². The van der Waals surface area contributed by atoms with Gasteiger partial charge in [-0.3, -0.25) is 5.41 Å². The van der Waals surface area contributed by atoms with E-state index in [0.29, 0.717) is 5.69 Å². The number of nitrogens with zero attached hydrogens (tertiary/aromatic N) is 1. The number of methoxy groups -OCH3 is 4. The van der Waals surface area contributed by atoms with E-state index in [1.165, 1.54) is 11.0 Å². The molecule has 3 N–H and O–H groups in total. The van der Waals surface area contributed by atoms with Crippen molar-refractivity contribution in [1.82, 2.24) is 0 Å². The van der Waals surface area contributed by atoms with Gasteiger partial charge in [0.2, 0.25) is 0 Å². The normalized spacial score (nSPS) is 16.8. The summed E-state index contributed by atoms with van der Waals surface area (Å²) in [7, 11) is 4.53. The lowest BCUT2D eigenvalue weighted by molar-refractivity contribution is -0.139. The molecule has 0 amide bonds. The molecule has 1 aliphatic heterocycles. The van der Waals surface area contributed by atoms with Gasteiger partial charge in [0.1, 0.15) is 11.4 Å². The van der Waals surface area contributed by atoms with Gasteiger partial charge in [0.05, 0.1) is 50.8 Å². The highest BCUT2D eigenvalue weighted by molar-refractivity contribution is 6.22. The van der Waals surface area contributed by atoms with Crippen molar-refractivity contribution in [1.29, 1.82) is 5.41 Å². The Balaban J connectivity index is 2.53. The quantitative estimate of drug-likeness (QED) is 0.263. The predicted octanol–water partition coefficient (Wildman–Crippen LogP) is 2.18. The number of carbonyl (C=O) groups is 4. The summed E-state index contributed by atoms with van der Waals surface area (Å²) < 4.78 is 19.4. The molecule has 1 heterocycles. The summed E-state index contributed by atoms with van der Waals surface area (Å²) in [5.74, 6) is -3.75. The van der Waals surface area contributed by atoms with Crippen molar-refractivity contribution < 1.29 is 38.1 Å². The van der Waals surface area contributed by atoms with Gasteiger partial charge in [-0.1, -0.05) is 18.2 Å². The van der Waals surface area contributed by atoms with Crippen LogP contribution in [0.15, 0.2) is 48.0 Å². The van der Waals surface area contributed by atoms with Crippen molar-refractivity contribution in [3.8, 4) is 0 Å². The topological polar surface area (TPSA) is 158 Å². The number of hydrogen-bond donors (Lipinski definition) is 2. The van der Waals surface area contributed by atoms with Crippen molar-refractivity contribution >= 4 is 41.1 Å². The molecular formula is C25H25N3O8. The Labute approximate surface area is 206 Å². The van der Waals surface area contributed by atoms with Crippen LogP contribution in [0.25, 0.3) is 0 Å². The molecule has 188 valence electrons. The van der Waals surface area contributed by atoms with Gasteiger partial charge >= 0.3 is 23.9 Å². The average molecular weight is 495 g/mol. The second-order valence-corrected chi connectivity index (χ2v) is 7.78. The Morgan fingerprint density at radius 1 is 0.944 bits per heavy atom. The lowest BCUT2D eigenvalue weighted by Crippen LogP contribution is -2.46. The number of anilines is 2. The number of hydrogen-bond acceptors (Lipinski definition) is 10. The molecule has 0 saturated heterocycles. The summed E-state index contributed by atoms with van der Waals surface area (Å²) in [6.45, 7) is 1.56. The second kappa shape index (κ2) is 9.90. The summed E-state index contributed by atoms with van der Waals surface area (Å²) in [5.41, 5.74) is 4.53. The van der Waals surface area contributed by atoms with E-state index in [9.17, 15) is 19.2 Å². The average Bonchev–Trinajstić information content (AvgIpc) is 3.12. The Kier molecular flexibility index (Phi) is 7.14. The van der Waals surface area contributed by atoms with E-state index in [4.69, 9.17) is 30.1 Å². The molecule has 0 unspecified atom stereocenters. The standard InChI is InChI=1S/C25H25N3O8/c1-25(16(23(31)35-4)12-17(29)33-2)15-11-14(22(30)34-3)18(24(32)36-5)20(26)19(15)21(27)28(25)13-9-7-6-8-10-13/h6-12,27H,26H2,1-5H3/b16-12+,27-21?/t25-/m1/s1. The number of rotatable bonds is 6. The maximum Gasteiger partial charge on any atom is 0.340 e. The molecule has 11 nitrogen and oxygen atoms in total. The third-order valence-electron chi connectivity index (χ3n) is 6.00. The Morgan fingerprint density at radius 2 is 1.56 bits per heavy atom. The number of ether oxygens (including phenoxy) is 4. The van der Waals surface area contributed by atoms with Gasteiger partial charge in [-0.2, -0.15) is 0 Å². The molecule has 0 radical (unpaired) electrons. The molecular weight excluding hydrogens is 470 g/mol. The monoisotopic (exact) mass is 495 g/mol. The van der Waals surface area contributed by atoms with Gasteiger partial charge in [-0.15, -0.1) is 0 Å². The van der Waals surface area contributed by atoms with Crippen LogP contribution in [0.4, 0.5) is 11.4 Å². The predicted molar refractivity (Wildman–Crippen MR) is 129 cm³/mol. The molecule has 0 fully saturated rings. The molecule has 2 aromatic rings. The Hall–Kier alpha value is -4.67. The molecule has 2 aromatic carbocycles. The zero-order valence-corrected chi connectivity index (χ0v) is 20.3. The Bertz CT molecular complexity index is 1300. The van der Waals surface area contributed by atoms with E-state index in [1.54, 1.807) is 37.3 Å². The lowest BCUT2D eigenvalue weighted by atomic mass is 9.81. The third-order valence-corrected chi connectivity index (χ3v) is 6.00. The number of amidine groups is 1. The highest BCUT2D eigenvalue weighted by Gasteiger charge is 2.52. The maximum atomic E-state index is 13.0. The van der Waals surface area contributed by atoms with E-state index in [0.717, 1.165) is 34.5 Å². The highest BCUT2D eigenvalue weighted by Crippen LogP contribution is 2.50. The van der Waals surface area contributed by atoms with Gasteiger partial charge < -0.3 is 29.6 Å². The summed E-state index contributed by atoms with van der Waals surface area (Å²) in [6, 6.07) is 9.87. The first-order chi connectivity index (χ1) is 17.1. The van der Waals surface area contributed by atoms with Gasteiger partial charge in [-0.25, -0.2) is 19.2 Å². The minimum Gasteiger partial charge on any atom is -0.466 e. The molecule has 0 aliphatic carbocycles. The number of nitrogen functional groups attached to an aromatic ring is 1. The van der Waals surface area contributed by atoms with Crippen molar-refractivity contribution in [3.63, 3.8) is 0 Å². The molecule has 3 rings (SSSR count). The van der Waals surface area contributed by atoms with Gasteiger partial charge in [-0.05, 0) is 30.7 Å². The lowest BCUT2D eigenvalue weighted by Gasteiger charge is -2.38. The number of fused-ring (bicyclic) bond motifs is 1. The number of nitrogens with two attached hydrogens (primary N) is 1. The fourth-order valence-electron chi connectivity index (χ4n) is 4.31. The third kappa shape index (κ3) is 3.94. The number of carbonyl (C=O) groups excluding carboxylic acids is 4. The fraction of sp³-hybridized carbons (Fsp3) is 0.240. The SMILES string of the molecule is COC(=O)/C=C(\C(=O)OC)[C@@]1(C)c2cc(C(=O)OC)c(C(=O)OC)c(N)c2C(=N)N1c1ccccc1. The summed E-state index contributed by atoms with van der Waals surface area (Å²) in [4.78, 5) is 52.1. The minimum atomic E-state index is -1.61. The van der Waals surface area contributed by atoms with Crippen LogP contribution in [0, 0.1) is 5.41 Å². The molecule has 1 atom stereocenters. The van der Waals surface area contributed by atoms with Crippen molar-refractivity contribution in [2.45, 2.75) is 12.5 Å². The molecule has 1 aliphatic rings. The summed E-state index contributed by atoms with van der Waals surface area (Å²) in [6.07, 6.45) is 0.951. The number of para-hydroxylation sites is 1. The van der Waals surface area contributed by atoms with Crippen LogP contribution in [0.5, 0.6) is 0 Å². The number of esters is 4. The van der Waals surface area contributed by atoms with Crippen LogP contribution < -0.4 is 10.6 Å². The van der Waals surface area contributed by atoms with Crippen LogP contribution in [0.2, 0.25) is 0 Å². The van der Waals surface area contributed by atoms with E-state index < -0.39 is 29.4 Å². The minimum absolute atomic E-state index is 0.0640. The van der Waals surface area contributed by atoms with E-state index in [-0.39, 0.29) is 39.3 Å². The molecule has 11 heteroatoms. The van der Waals surface area contributed by atoms with E-state index >= 15 is 0 Å². The van der Waals surface area contributed by atoms with Crippen molar-refractivity contribution in [2.24, 2.45) is 0 Å². The smallest absolute Gasteiger partial charge is 0.340 e. The Morgan fingerprint density at radius 3 is 2.08 bits per heavy atom. The molecule has 0 aromatic heterocycles. The highest BCUT2D eigenvalue weighted by atomic mass is 16.5. The van der Waals surface area contributed by atoms with Crippen LogP contribution in [-0.4, -0.2) is 58.2 Å². The first-order valence-electron chi connectivity index (χ1n) is 10.5. The summed E-state index contributed by atoms with van der Waals surface area (Å²) >= 11 is 0. The van der Waals surface area contributed by atoms with Crippen LogP contribution in [0.1, 0.15) is 38.8 Å². The second-order valence-electron chi connectivity index (χ2n) is 7.78. The molecule has 0 spiro atoms. The van der Waals surface area contributed by atoms with E-state index in [2.05, 4.69) is 0 Å². The van der Waals surface area contributed by atoms with Gasteiger partial charge in [0.15, 0.2) is 0 Å². The van der Waals surface area contributed by atoms with Crippen LogP contribution in [-0.2, 0) is 34.1 Å². The number of nitrogens with one attached hydrogen (secondary N) is 1. The zero-order chi connectivity index (χ0) is 26.8. The van der Waals surface area contributed by atoms with Crippen molar-refractivity contribution in [3.05, 3.63) is 70.3 Å². The zero-order valence-electron chi connectivity index (χ0n) is 20.3. The fourth-order valence-corrected chi connectivity index (χ4v) is 4.31.